The Morgan fingerprint density at radius 2 is 2.00 bits per heavy atom. The predicted molar refractivity (Wildman–Crippen MR) is 73.7 cm³/mol. The lowest BCUT2D eigenvalue weighted by molar-refractivity contribution is -0.137. The van der Waals surface area contributed by atoms with Crippen LogP contribution >= 0.6 is 11.8 Å². The molecule has 0 aromatic heterocycles. The summed E-state index contributed by atoms with van der Waals surface area (Å²) in [4.78, 5) is 11.4. The largest absolute Gasteiger partial charge is 0.416 e. The number of carbonyl (C=O) groups is 1. The van der Waals surface area contributed by atoms with Gasteiger partial charge in [-0.05, 0) is 30.0 Å². The standard InChI is InChI=1S/C14H16F3NOS/c1-9(8-20-12-6-7-18-13(12)19)10-2-4-11(5-3-10)14(15,16)17/h2-5,9,12H,6-8H2,1H3,(H,18,19)/t9-,12+/m1/s1. The third-order valence-electron chi connectivity index (χ3n) is 3.35. The minimum atomic E-state index is -4.29. The van der Waals surface area contributed by atoms with E-state index in [1.54, 1.807) is 11.8 Å². The molecule has 110 valence electrons. The molecule has 1 heterocycles. The van der Waals surface area contributed by atoms with Crippen LogP contribution in [0.1, 0.15) is 30.4 Å². The molecule has 2 atom stereocenters. The number of rotatable bonds is 4. The molecule has 1 aromatic carbocycles. The molecule has 1 aromatic rings. The summed E-state index contributed by atoms with van der Waals surface area (Å²) in [6.45, 7) is 2.67. The van der Waals surface area contributed by atoms with E-state index in [1.165, 1.54) is 12.1 Å². The summed E-state index contributed by atoms with van der Waals surface area (Å²) in [6, 6.07) is 5.25. The van der Waals surface area contributed by atoms with E-state index in [0.717, 1.165) is 29.9 Å². The van der Waals surface area contributed by atoms with E-state index in [-0.39, 0.29) is 17.1 Å². The Morgan fingerprint density at radius 1 is 1.35 bits per heavy atom. The zero-order valence-corrected chi connectivity index (χ0v) is 11.9. The van der Waals surface area contributed by atoms with E-state index in [0.29, 0.717) is 6.54 Å². The van der Waals surface area contributed by atoms with Gasteiger partial charge in [-0.25, -0.2) is 0 Å². The van der Waals surface area contributed by atoms with Crippen molar-refractivity contribution < 1.29 is 18.0 Å². The summed E-state index contributed by atoms with van der Waals surface area (Å²) in [5.74, 6) is 0.911. The summed E-state index contributed by atoms with van der Waals surface area (Å²) in [7, 11) is 0. The quantitative estimate of drug-likeness (QED) is 0.923. The summed E-state index contributed by atoms with van der Waals surface area (Å²) in [5, 5.41) is 2.75. The van der Waals surface area contributed by atoms with Crippen LogP contribution in [0.25, 0.3) is 0 Å². The summed E-state index contributed by atoms with van der Waals surface area (Å²) in [6.07, 6.45) is -3.47. The Hall–Kier alpha value is -1.17. The van der Waals surface area contributed by atoms with Crippen LogP contribution in [0.5, 0.6) is 0 Å². The van der Waals surface area contributed by atoms with Crippen LogP contribution in [-0.2, 0) is 11.0 Å². The monoisotopic (exact) mass is 303 g/mol. The first-order chi connectivity index (χ1) is 9.38. The second-order valence-electron chi connectivity index (χ2n) is 4.92. The lowest BCUT2D eigenvalue weighted by Gasteiger charge is -2.15. The Kier molecular flexibility index (Phi) is 4.62. The highest BCUT2D eigenvalue weighted by molar-refractivity contribution is 8.00. The second-order valence-corrected chi connectivity index (χ2v) is 6.16. The maximum atomic E-state index is 12.5. The fraction of sp³-hybridized carbons (Fsp3) is 0.500. The minimum Gasteiger partial charge on any atom is -0.355 e. The average molecular weight is 303 g/mol. The number of hydrogen-bond acceptors (Lipinski definition) is 2. The van der Waals surface area contributed by atoms with E-state index in [2.05, 4.69) is 5.32 Å². The number of amides is 1. The molecule has 0 radical (unpaired) electrons. The van der Waals surface area contributed by atoms with Gasteiger partial charge in [0.25, 0.3) is 0 Å². The van der Waals surface area contributed by atoms with Crippen molar-refractivity contribution in [3.63, 3.8) is 0 Å². The van der Waals surface area contributed by atoms with E-state index >= 15 is 0 Å². The molecular weight excluding hydrogens is 287 g/mol. The van der Waals surface area contributed by atoms with E-state index in [1.807, 2.05) is 6.92 Å². The summed E-state index contributed by atoms with van der Waals surface area (Å²) < 4.78 is 37.4. The zero-order chi connectivity index (χ0) is 14.8. The van der Waals surface area contributed by atoms with Gasteiger partial charge in [-0.1, -0.05) is 19.1 Å². The summed E-state index contributed by atoms with van der Waals surface area (Å²) >= 11 is 1.57. The number of alkyl halides is 3. The topological polar surface area (TPSA) is 29.1 Å². The number of hydrogen-bond donors (Lipinski definition) is 1. The molecule has 2 rings (SSSR count). The smallest absolute Gasteiger partial charge is 0.355 e. The van der Waals surface area contributed by atoms with Crippen LogP contribution in [0, 0.1) is 0 Å². The first-order valence-corrected chi connectivity index (χ1v) is 7.49. The fourth-order valence-corrected chi connectivity index (χ4v) is 3.32. The molecule has 1 saturated heterocycles. The molecule has 1 N–H and O–H groups in total. The molecule has 0 unspecified atom stereocenters. The summed E-state index contributed by atoms with van der Waals surface area (Å²) in [5.41, 5.74) is 0.236. The SMILES string of the molecule is C[C@H](CS[C@H]1CCNC1=O)c1ccc(C(F)(F)F)cc1. The molecule has 1 fully saturated rings. The molecule has 0 saturated carbocycles. The van der Waals surface area contributed by atoms with Crippen molar-refractivity contribution in [1.29, 1.82) is 0 Å². The highest BCUT2D eigenvalue weighted by atomic mass is 32.2. The average Bonchev–Trinajstić information content (AvgIpc) is 2.81. The number of thioether (sulfide) groups is 1. The molecule has 2 nitrogen and oxygen atoms in total. The maximum absolute atomic E-state index is 12.5. The van der Waals surface area contributed by atoms with Crippen LogP contribution in [-0.4, -0.2) is 23.5 Å². The van der Waals surface area contributed by atoms with Gasteiger partial charge in [-0.3, -0.25) is 4.79 Å². The third-order valence-corrected chi connectivity index (χ3v) is 4.90. The van der Waals surface area contributed by atoms with E-state index in [4.69, 9.17) is 0 Å². The normalized spacial score (nSPS) is 20.8. The molecule has 0 bridgehead atoms. The van der Waals surface area contributed by atoms with Crippen LogP contribution in [0.15, 0.2) is 24.3 Å². The zero-order valence-electron chi connectivity index (χ0n) is 11.0. The van der Waals surface area contributed by atoms with Gasteiger partial charge in [0.1, 0.15) is 0 Å². The van der Waals surface area contributed by atoms with Gasteiger partial charge in [0.05, 0.1) is 10.8 Å². The van der Waals surface area contributed by atoms with Crippen LogP contribution in [0.3, 0.4) is 0 Å². The Bertz CT molecular complexity index is 472. The Morgan fingerprint density at radius 3 is 2.50 bits per heavy atom. The lowest BCUT2D eigenvalue weighted by Crippen LogP contribution is -2.21. The first-order valence-electron chi connectivity index (χ1n) is 6.44. The van der Waals surface area contributed by atoms with E-state index in [9.17, 15) is 18.0 Å². The first kappa shape index (κ1) is 15.2. The number of halogens is 3. The van der Waals surface area contributed by atoms with Crippen molar-refractivity contribution >= 4 is 17.7 Å². The Labute approximate surface area is 120 Å². The van der Waals surface area contributed by atoms with Gasteiger partial charge >= 0.3 is 6.18 Å². The molecule has 0 spiro atoms. The van der Waals surface area contributed by atoms with Crippen molar-refractivity contribution in [1.82, 2.24) is 5.32 Å². The van der Waals surface area contributed by atoms with Crippen LogP contribution in [0.2, 0.25) is 0 Å². The highest BCUT2D eigenvalue weighted by Crippen LogP contribution is 2.31. The highest BCUT2D eigenvalue weighted by Gasteiger charge is 2.30. The minimum absolute atomic E-state index is 0.0214. The molecule has 1 amide bonds. The van der Waals surface area contributed by atoms with Crippen molar-refractivity contribution in [3.8, 4) is 0 Å². The van der Waals surface area contributed by atoms with E-state index < -0.39 is 11.7 Å². The lowest BCUT2D eigenvalue weighted by atomic mass is 10.0. The molecular formula is C14H16F3NOS. The molecule has 1 aliphatic rings. The third kappa shape index (κ3) is 3.69. The number of nitrogens with one attached hydrogen (secondary N) is 1. The number of benzene rings is 1. The van der Waals surface area contributed by atoms with Gasteiger partial charge in [0.15, 0.2) is 0 Å². The fourth-order valence-electron chi connectivity index (χ4n) is 2.09. The Balaban J connectivity index is 1.92. The van der Waals surface area contributed by atoms with Crippen LogP contribution in [0.4, 0.5) is 13.2 Å². The van der Waals surface area contributed by atoms with Gasteiger partial charge in [0.2, 0.25) is 5.91 Å². The van der Waals surface area contributed by atoms with Crippen LogP contribution < -0.4 is 5.32 Å². The predicted octanol–water partition coefficient (Wildman–Crippen LogP) is 3.43. The van der Waals surface area contributed by atoms with Gasteiger partial charge in [-0.15, -0.1) is 11.8 Å². The van der Waals surface area contributed by atoms with Crippen molar-refractivity contribution in [3.05, 3.63) is 35.4 Å². The molecule has 1 aliphatic heterocycles. The molecule has 6 heteroatoms. The van der Waals surface area contributed by atoms with Crippen molar-refractivity contribution in [2.75, 3.05) is 12.3 Å². The van der Waals surface area contributed by atoms with Gasteiger partial charge in [-0.2, -0.15) is 13.2 Å². The van der Waals surface area contributed by atoms with Gasteiger partial charge < -0.3 is 5.32 Å². The van der Waals surface area contributed by atoms with Crippen molar-refractivity contribution in [2.45, 2.75) is 30.7 Å². The molecule has 0 aliphatic carbocycles. The maximum Gasteiger partial charge on any atom is 0.416 e. The number of carbonyl (C=O) groups excluding carboxylic acids is 1. The van der Waals surface area contributed by atoms with Crippen molar-refractivity contribution in [2.24, 2.45) is 0 Å². The second kappa shape index (κ2) is 6.08. The molecule has 20 heavy (non-hydrogen) atoms. The van der Waals surface area contributed by atoms with Gasteiger partial charge in [0, 0.05) is 12.3 Å².